The summed E-state index contributed by atoms with van der Waals surface area (Å²) in [5.74, 6) is -0.857. The smallest absolute Gasteiger partial charge is 0.307 e. The Morgan fingerprint density at radius 2 is 1.89 bits per heavy atom. The van der Waals surface area contributed by atoms with E-state index in [2.05, 4.69) is 0 Å². The number of carbonyl (C=O) groups is 1. The van der Waals surface area contributed by atoms with E-state index in [-0.39, 0.29) is 6.42 Å². The van der Waals surface area contributed by atoms with Gasteiger partial charge in [0, 0.05) is 15.6 Å². The fourth-order valence-corrected chi connectivity index (χ4v) is 2.14. The zero-order chi connectivity index (χ0) is 13.1. The van der Waals surface area contributed by atoms with Gasteiger partial charge in [0.2, 0.25) is 0 Å². The van der Waals surface area contributed by atoms with Crippen molar-refractivity contribution in [3.63, 3.8) is 0 Å². The first-order valence-corrected chi connectivity index (χ1v) is 6.08. The normalized spacial score (nSPS) is 10.3. The van der Waals surface area contributed by atoms with E-state index in [0.717, 1.165) is 16.7 Å². The van der Waals surface area contributed by atoms with Crippen LogP contribution in [0.3, 0.4) is 0 Å². The molecule has 0 atom stereocenters. The molecule has 0 aliphatic rings. The molecule has 0 saturated carbocycles. The van der Waals surface area contributed by atoms with Crippen molar-refractivity contribution in [1.82, 2.24) is 0 Å². The molecular weight excluding hydrogens is 271 g/mol. The van der Waals surface area contributed by atoms with Gasteiger partial charge in [0.1, 0.15) is 0 Å². The van der Waals surface area contributed by atoms with Gasteiger partial charge < -0.3 is 5.11 Å². The van der Waals surface area contributed by atoms with Gasteiger partial charge >= 0.3 is 5.97 Å². The molecule has 2 rings (SSSR count). The molecule has 18 heavy (non-hydrogen) atoms. The van der Waals surface area contributed by atoms with Gasteiger partial charge in [-0.15, -0.1) is 0 Å². The average Bonchev–Trinajstić information content (AvgIpc) is 2.32. The molecular formula is C14H10Cl2O2. The fraction of sp³-hybridized carbons (Fsp3) is 0.0714. The number of benzene rings is 2. The summed E-state index contributed by atoms with van der Waals surface area (Å²) in [5, 5.41) is 9.97. The average molecular weight is 281 g/mol. The molecule has 4 heteroatoms. The summed E-state index contributed by atoms with van der Waals surface area (Å²) < 4.78 is 0. The molecule has 2 aromatic carbocycles. The molecule has 1 N–H and O–H groups in total. The zero-order valence-corrected chi connectivity index (χ0v) is 10.9. The van der Waals surface area contributed by atoms with Gasteiger partial charge in [0.15, 0.2) is 0 Å². The third kappa shape index (κ3) is 3.03. The van der Waals surface area contributed by atoms with E-state index >= 15 is 0 Å². The van der Waals surface area contributed by atoms with E-state index in [0.29, 0.717) is 10.0 Å². The van der Waals surface area contributed by atoms with Crippen LogP contribution in [0.4, 0.5) is 0 Å². The fourth-order valence-electron chi connectivity index (χ4n) is 1.74. The maximum atomic E-state index is 10.7. The first-order chi connectivity index (χ1) is 8.56. The summed E-state index contributed by atoms with van der Waals surface area (Å²) in [6, 6.07) is 12.5. The van der Waals surface area contributed by atoms with Crippen LogP contribution in [-0.4, -0.2) is 11.1 Å². The highest BCUT2D eigenvalue weighted by molar-refractivity contribution is 6.35. The van der Waals surface area contributed by atoms with Crippen LogP contribution in [0.25, 0.3) is 11.1 Å². The number of hydrogen-bond acceptors (Lipinski definition) is 1. The predicted molar refractivity (Wildman–Crippen MR) is 73.2 cm³/mol. The van der Waals surface area contributed by atoms with Gasteiger partial charge in [-0.3, -0.25) is 4.79 Å². The van der Waals surface area contributed by atoms with Gasteiger partial charge in [-0.05, 0) is 29.3 Å². The van der Waals surface area contributed by atoms with Crippen molar-refractivity contribution in [2.45, 2.75) is 6.42 Å². The predicted octanol–water partition coefficient (Wildman–Crippen LogP) is 4.29. The highest BCUT2D eigenvalue weighted by Gasteiger charge is 2.06. The molecule has 0 aliphatic carbocycles. The van der Waals surface area contributed by atoms with Gasteiger partial charge in [0.25, 0.3) is 0 Å². The van der Waals surface area contributed by atoms with E-state index in [1.807, 2.05) is 18.2 Å². The Bertz CT molecular complexity index is 594. The van der Waals surface area contributed by atoms with E-state index in [9.17, 15) is 4.79 Å². The van der Waals surface area contributed by atoms with Crippen molar-refractivity contribution in [2.75, 3.05) is 0 Å². The maximum absolute atomic E-state index is 10.7. The first-order valence-electron chi connectivity index (χ1n) is 5.32. The van der Waals surface area contributed by atoms with Crippen molar-refractivity contribution in [3.8, 4) is 11.1 Å². The minimum Gasteiger partial charge on any atom is -0.481 e. The van der Waals surface area contributed by atoms with E-state index < -0.39 is 5.97 Å². The summed E-state index contributed by atoms with van der Waals surface area (Å²) >= 11 is 12.1. The van der Waals surface area contributed by atoms with Crippen molar-refractivity contribution < 1.29 is 9.90 Å². The third-order valence-corrected chi connectivity index (χ3v) is 3.09. The van der Waals surface area contributed by atoms with E-state index in [1.165, 1.54) is 0 Å². The number of hydrogen-bond donors (Lipinski definition) is 1. The molecule has 0 radical (unpaired) electrons. The molecule has 0 saturated heterocycles. The largest absolute Gasteiger partial charge is 0.481 e. The summed E-state index contributed by atoms with van der Waals surface area (Å²) in [6.07, 6.45) is -0.00791. The molecule has 0 amide bonds. The summed E-state index contributed by atoms with van der Waals surface area (Å²) in [5.41, 5.74) is 2.40. The van der Waals surface area contributed by atoms with E-state index in [1.54, 1.807) is 24.3 Å². The molecule has 92 valence electrons. The maximum Gasteiger partial charge on any atom is 0.307 e. The Morgan fingerprint density at radius 1 is 1.11 bits per heavy atom. The van der Waals surface area contributed by atoms with Crippen molar-refractivity contribution in [2.24, 2.45) is 0 Å². The number of aliphatic carboxylic acids is 1. The molecule has 0 bridgehead atoms. The van der Waals surface area contributed by atoms with Gasteiger partial charge in [-0.1, -0.05) is 47.5 Å². The molecule has 2 aromatic rings. The van der Waals surface area contributed by atoms with Crippen LogP contribution in [0, 0.1) is 0 Å². The topological polar surface area (TPSA) is 37.3 Å². The van der Waals surface area contributed by atoms with Crippen molar-refractivity contribution in [1.29, 1.82) is 0 Å². The zero-order valence-electron chi connectivity index (χ0n) is 9.36. The van der Waals surface area contributed by atoms with Gasteiger partial charge in [-0.2, -0.15) is 0 Å². The Balaban J connectivity index is 2.44. The van der Waals surface area contributed by atoms with Gasteiger partial charge in [-0.25, -0.2) is 0 Å². The molecule has 0 aromatic heterocycles. The SMILES string of the molecule is O=C(O)Cc1cccc(-c2cc(Cl)ccc2Cl)c1. The minimum absolute atomic E-state index is 0.00791. The first kappa shape index (κ1) is 12.9. The molecule has 0 spiro atoms. The Hall–Kier alpha value is -1.51. The standard InChI is InChI=1S/C14H10Cl2O2/c15-11-4-5-13(16)12(8-11)10-3-1-2-9(6-10)7-14(17)18/h1-6,8H,7H2,(H,17,18). The molecule has 0 unspecified atom stereocenters. The second-order valence-corrected chi connectivity index (χ2v) is 4.74. The lowest BCUT2D eigenvalue weighted by atomic mass is 10.0. The molecule has 0 heterocycles. The quantitative estimate of drug-likeness (QED) is 0.911. The number of carboxylic acid groups (broad SMARTS) is 1. The van der Waals surface area contributed by atoms with Crippen LogP contribution in [0.2, 0.25) is 10.0 Å². The number of halogens is 2. The molecule has 0 aliphatic heterocycles. The second-order valence-electron chi connectivity index (χ2n) is 3.90. The van der Waals surface area contributed by atoms with Crippen LogP contribution in [0.15, 0.2) is 42.5 Å². The molecule has 2 nitrogen and oxygen atoms in total. The van der Waals surface area contributed by atoms with Crippen LogP contribution in [0.5, 0.6) is 0 Å². The summed E-state index contributed by atoms with van der Waals surface area (Å²) in [6.45, 7) is 0. The lowest BCUT2D eigenvalue weighted by Crippen LogP contribution is -1.99. The highest BCUT2D eigenvalue weighted by atomic mass is 35.5. The highest BCUT2D eigenvalue weighted by Crippen LogP contribution is 2.31. The van der Waals surface area contributed by atoms with Crippen LogP contribution < -0.4 is 0 Å². The lowest BCUT2D eigenvalue weighted by Gasteiger charge is -2.07. The monoisotopic (exact) mass is 280 g/mol. The number of rotatable bonds is 3. The van der Waals surface area contributed by atoms with Crippen LogP contribution in [-0.2, 0) is 11.2 Å². The van der Waals surface area contributed by atoms with Gasteiger partial charge in [0.05, 0.1) is 6.42 Å². The Labute approximate surface area is 115 Å². The summed E-state index contributed by atoms with van der Waals surface area (Å²) in [4.78, 5) is 10.7. The van der Waals surface area contributed by atoms with Crippen molar-refractivity contribution >= 4 is 29.2 Å². The second kappa shape index (κ2) is 5.42. The number of carboxylic acids is 1. The Kier molecular flexibility index (Phi) is 3.90. The summed E-state index contributed by atoms with van der Waals surface area (Å²) in [7, 11) is 0. The lowest BCUT2D eigenvalue weighted by molar-refractivity contribution is -0.136. The molecule has 0 fully saturated rings. The van der Waals surface area contributed by atoms with E-state index in [4.69, 9.17) is 28.3 Å². The minimum atomic E-state index is -0.857. The Morgan fingerprint density at radius 3 is 2.61 bits per heavy atom. The van der Waals surface area contributed by atoms with Crippen LogP contribution >= 0.6 is 23.2 Å². The third-order valence-electron chi connectivity index (χ3n) is 2.52. The van der Waals surface area contributed by atoms with Crippen LogP contribution in [0.1, 0.15) is 5.56 Å². The van der Waals surface area contributed by atoms with Crippen molar-refractivity contribution in [3.05, 3.63) is 58.1 Å².